The molecule has 0 aliphatic carbocycles. The monoisotopic (exact) mass is 239 g/mol. The van der Waals surface area contributed by atoms with Gasteiger partial charge in [-0.05, 0) is 0 Å². The van der Waals surface area contributed by atoms with E-state index in [2.05, 4.69) is 27.4 Å². The van der Waals surface area contributed by atoms with Gasteiger partial charge in [0.05, 0.1) is 5.09 Å². The van der Waals surface area contributed by atoms with Crippen LogP contribution in [0.1, 0.15) is 0 Å². The Morgan fingerprint density at radius 1 is 1.43 bits per heavy atom. The van der Waals surface area contributed by atoms with Crippen molar-refractivity contribution in [2.75, 3.05) is 0 Å². The quantitative estimate of drug-likeness (QED) is 0.264. The molecule has 0 aromatic carbocycles. The molecule has 0 saturated heterocycles. The van der Waals surface area contributed by atoms with Crippen molar-refractivity contribution in [3.8, 4) is 0 Å². The molecular weight excluding hydrogens is 240 g/mol. The van der Waals surface area contributed by atoms with Gasteiger partial charge in [-0.3, -0.25) is 0 Å². The van der Waals surface area contributed by atoms with Gasteiger partial charge in [0.2, 0.25) is 0 Å². The summed E-state index contributed by atoms with van der Waals surface area (Å²) in [6.45, 7) is 0. The molecule has 4 nitrogen and oxygen atoms in total. The molecule has 0 aromatic heterocycles. The molecule has 0 N–H and O–H groups in total. The molecule has 0 bridgehead atoms. The summed E-state index contributed by atoms with van der Waals surface area (Å²) >= 11 is 2.33. The average Bonchev–Trinajstić information content (AvgIpc) is 1.41. The second kappa shape index (κ2) is 15.6. The Balaban J connectivity index is -0.0000000480. The Hall–Kier alpha value is 1.72. The van der Waals surface area contributed by atoms with Crippen LogP contribution in [0.25, 0.3) is 0 Å². The summed E-state index contributed by atoms with van der Waals surface area (Å²) in [6, 6.07) is 0. The summed E-state index contributed by atoms with van der Waals surface area (Å²) in [5, 5.41) is 14.8. The third-order valence-electron chi connectivity index (χ3n) is 0. The van der Waals surface area contributed by atoms with Gasteiger partial charge in [-0.2, -0.15) is 0 Å². The minimum absolute atomic E-state index is 0. The molecule has 0 aliphatic rings. The van der Waals surface area contributed by atoms with Crippen LogP contribution in [0.3, 0.4) is 0 Å². The Labute approximate surface area is 97.1 Å². The average molecular weight is 240 g/mol. The van der Waals surface area contributed by atoms with Gasteiger partial charge in [0, 0.05) is 0 Å². The first kappa shape index (κ1) is 15.9. The van der Waals surface area contributed by atoms with E-state index in [1.54, 1.807) is 0 Å². The topological polar surface area (TPSA) is 66.2 Å². The predicted octanol–water partition coefficient (Wildman–Crippen LogP) is -2.59. The van der Waals surface area contributed by atoms with Crippen molar-refractivity contribution < 1.29 is 73.9 Å². The fourth-order valence-corrected chi connectivity index (χ4v) is 0. The standard InChI is InChI=1S/K.NO3.Pd.S/c;2-1(3)4;;/q+1;-1;;. The van der Waals surface area contributed by atoms with Crippen molar-refractivity contribution >= 4 is 9.94 Å². The van der Waals surface area contributed by atoms with Crippen molar-refractivity contribution in [1.29, 1.82) is 0 Å². The van der Waals surface area contributed by atoms with Crippen LogP contribution in [0.4, 0.5) is 0 Å². The van der Waals surface area contributed by atoms with E-state index < -0.39 is 5.09 Å². The molecule has 0 unspecified atom stereocenters. The maximum atomic E-state index is 8.25. The van der Waals surface area contributed by atoms with Crippen LogP contribution in [-0.2, 0) is 17.4 Å². The van der Waals surface area contributed by atoms with Gasteiger partial charge in [-0.15, -0.1) is 0 Å². The third kappa shape index (κ3) is 85.5. The SMILES string of the molecule is O=[N+]([O-])[O-].[K+].[S]=[Pd]. The van der Waals surface area contributed by atoms with Crippen LogP contribution >= 0.6 is 9.94 Å². The number of nitrogens with zero attached hydrogens (tertiary/aromatic N) is 1. The van der Waals surface area contributed by atoms with E-state index in [1.165, 1.54) is 0 Å². The molecule has 0 saturated carbocycles. The third-order valence-corrected chi connectivity index (χ3v) is 0. The van der Waals surface area contributed by atoms with Crippen LogP contribution in [0.5, 0.6) is 0 Å². The molecular formula is KNO3PdS. The first-order valence-corrected chi connectivity index (χ1v) is 2.84. The molecule has 0 aliphatic heterocycles. The van der Waals surface area contributed by atoms with E-state index in [9.17, 15) is 0 Å². The second-order valence-electron chi connectivity index (χ2n) is 0.224. The van der Waals surface area contributed by atoms with Gasteiger partial charge in [0.25, 0.3) is 0 Å². The first-order valence-electron chi connectivity index (χ1n) is 0.677. The van der Waals surface area contributed by atoms with Gasteiger partial charge in [0.1, 0.15) is 0 Å². The fraction of sp³-hybridized carbons (Fsp3) is 0. The fourth-order valence-electron chi connectivity index (χ4n) is 0. The van der Waals surface area contributed by atoms with E-state index in [0.29, 0.717) is 0 Å². The van der Waals surface area contributed by atoms with Gasteiger partial charge >= 0.3 is 78.7 Å². The molecule has 7 heteroatoms. The van der Waals surface area contributed by atoms with E-state index in [1.807, 2.05) is 0 Å². The Kier molecular flexibility index (Phi) is 35.5. The molecule has 0 heterocycles. The minimum atomic E-state index is -1.75. The van der Waals surface area contributed by atoms with Crippen LogP contribution in [0.2, 0.25) is 0 Å². The van der Waals surface area contributed by atoms with Crippen molar-refractivity contribution in [1.82, 2.24) is 0 Å². The van der Waals surface area contributed by atoms with E-state index in [0.717, 1.165) is 0 Å². The van der Waals surface area contributed by atoms with E-state index in [4.69, 9.17) is 15.3 Å². The Bertz CT molecular complexity index is 46.2. The molecule has 40 valence electrons. The number of hydrogen-bond donors (Lipinski definition) is 0. The summed E-state index contributed by atoms with van der Waals surface area (Å²) < 4.78 is 0. The molecule has 0 amide bonds. The van der Waals surface area contributed by atoms with Crippen molar-refractivity contribution in [3.63, 3.8) is 0 Å². The molecule has 0 rings (SSSR count). The zero-order valence-corrected chi connectivity index (χ0v) is 8.89. The molecule has 0 spiro atoms. The van der Waals surface area contributed by atoms with E-state index in [-0.39, 0.29) is 51.4 Å². The zero-order valence-electron chi connectivity index (χ0n) is 3.40. The normalized spacial score (nSPS) is 4.29. The summed E-state index contributed by atoms with van der Waals surface area (Å²) in [6.07, 6.45) is 0. The predicted molar refractivity (Wildman–Crippen MR) is 18.0 cm³/mol. The van der Waals surface area contributed by atoms with E-state index >= 15 is 0 Å². The summed E-state index contributed by atoms with van der Waals surface area (Å²) in [7, 11) is 3.93. The van der Waals surface area contributed by atoms with Crippen molar-refractivity contribution in [2.24, 2.45) is 0 Å². The molecule has 0 atom stereocenters. The number of hydrogen-bond acceptors (Lipinski definition) is 4. The summed E-state index contributed by atoms with van der Waals surface area (Å²) in [4.78, 5) is 8.25. The van der Waals surface area contributed by atoms with Crippen LogP contribution in [0, 0.1) is 15.3 Å². The summed E-state index contributed by atoms with van der Waals surface area (Å²) in [5.74, 6) is 0. The maximum absolute atomic E-state index is 8.25. The second-order valence-corrected chi connectivity index (χ2v) is 0.224. The van der Waals surface area contributed by atoms with Crippen LogP contribution < -0.4 is 51.4 Å². The van der Waals surface area contributed by atoms with Crippen LogP contribution in [0.15, 0.2) is 0 Å². The van der Waals surface area contributed by atoms with Gasteiger partial charge < -0.3 is 15.3 Å². The molecule has 0 aromatic rings. The molecule has 0 fully saturated rings. The Morgan fingerprint density at radius 2 is 1.43 bits per heavy atom. The van der Waals surface area contributed by atoms with Crippen LogP contribution in [-0.4, -0.2) is 5.09 Å². The zero-order chi connectivity index (χ0) is 5.58. The molecule has 7 heavy (non-hydrogen) atoms. The Morgan fingerprint density at radius 3 is 1.43 bits per heavy atom. The van der Waals surface area contributed by atoms with Gasteiger partial charge in [-0.1, -0.05) is 0 Å². The van der Waals surface area contributed by atoms with Gasteiger partial charge in [0.15, 0.2) is 0 Å². The van der Waals surface area contributed by atoms with Crippen molar-refractivity contribution in [3.05, 3.63) is 15.3 Å². The number of rotatable bonds is 0. The first-order chi connectivity index (χ1) is 2.73. The van der Waals surface area contributed by atoms with Crippen molar-refractivity contribution in [2.45, 2.75) is 0 Å². The summed E-state index contributed by atoms with van der Waals surface area (Å²) in [5.41, 5.74) is 0. The molecule has 0 radical (unpaired) electrons. The van der Waals surface area contributed by atoms with Gasteiger partial charge in [-0.25, -0.2) is 0 Å².